The number of carbonyl (C=O) groups is 2. The molecule has 0 saturated heterocycles. The summed E-state index contributed by atoms with van der Waals surface area (Å²) in [5, 5.41) is 2.91. The molecule has 0 aliphatic heterocycles. The predicted octanol–water partition coefficient (Wildman–Crippen LogP) is 3.42. The average Bonchev–Trinajstić information content (AvgIpc) is 2.88. The number of hydrogen-bond acceptors (Lipinski definition) is 3. The minimum atomic E-state index is -0.187. The lowest BCUT2D eigenvalue weighted by atomic mass is 10.1. The zero-order valence-corrected chi connectivity index (χ0v) is 14.6. The van der Waals surface area contributed by atoms with Gasteiger partial charge in [-0.2, -0.15) is 0 Å². The van der Waals surface area contributed by atoms with Crippen molar-refractivity contribution in [1.29, 1.82) is 0 Å². The minimum absolute atomic E-state index is 0.0596. The number of rotatable bonds is 7. The van der Waals surface area contributed by atoms with Crippen LogP contribution in [0.25, 0.3) is 0 Å². The summed E-state index contributed by atoms with van der Waals surface area (Å²) in [6.45, 7) is 7.47. The summed E-state index contributed by atoms with van der Waals surface area (Å²) < 4.78 is 5.52. The summed E-state index contributed by atoms with van der Waals surface area (Å²) in [6, 6.07) is 9.27. The first-order valence-electron chi connectivity index (χ1n) is 8.15. The number of aromatic nitrogens is 1. The smallest absolute Gasteiger partial charge is 0.268 e. The van der Waals surface area contributed by atoms with E-state index in [9.17, 15) is 9.59 Å². The molecule has 5 heteroatoms. The Morgan fingerprint density at radius 1 is 1.21 bits per heavy atom. The summed E-state index contributed by atoms with van der Waals surface area (Å²) in [5.41, 5.74) is 2.31. The van der Waals surface area contributed by atoms with E-state index >= 15 is 0 Å². The summed E-state index contributed by atoms with van der Waals surface area (Å²) in [4.78, 5) is 27.8. The summed E-state index contributed by atoms with van der Waals surface area (Å²) >= 11 is 0. The number of nitrogens with one attached hydrogen (secondary N) is 2. The molecule has 0 bridgehead atoms. The molecule has 2 rings (SSSR count). The Labute approximate surface area is 142 Å². The van der Waals surface area contributed by atoms with Gasteiger partial charge in [-0.15, -0.1) is 0 Å². The SMILES string of the molecule is CCC(C)NC(=O)c1[nH]c(C)c(C(=O)COc2ccccc2)c1C. The Bertz CT molecular complexity index is 720. The first-order valence-corrected chi connectivity index (χ1v) is 8.15. The lowest BCUT2D eigenvalue weighted by Crippen LogP contribution is -2.32. The van der Waals surface area contributed by atoms with Crippen LogP contribution in [0.2, 0.25) is 0 Å². The summed E-state index contributed by atoms with van der Waals surface area (Å²) in [5.74, 6) is 0.312. The molecule has 0 fully saturated rings. The second-order valence-electron chi connectivity index (χ2n) is 5.93. The lowest BCUT2D eigenvalue weighted by Gasteiger charge is -2.11. The molecule has 0 saturated carbocycles. The molecule has 0 radical (unpaired) electrons. The predicted molar refractivity (Wildman–Crippen MR) is 93.8 cm³/mol. The van der Waals surface area contributed by atoms with E-state index in [1.807, 2.05) is 32.0 Å². The van der Waals surface area contributed by atoms with Crippen LogP contribution in [0.1, 0.15) is 52.4 Å². The largest absolute Gasteiger partial charge is 0.485 e. The molecule has 2 aromatic rings. The van der Waals surface area contributed by atoms with Gasteiger partial charge in [-0.1, -0.05) is 25.1 Å². The number of para-hydroxylation sites is 1. The van der Waals surface area contributed by atoms with Gasteiger partial charge in [0.2, 0.25) is 5.78 Å². The highest BCUT2D eigenvalue weighted by Gasteiger charge is 2.22. The number of aryl methyl sites for hydroxylation is 1. The third-order valence-electron chi connectivity index (χ3n) is 4.05. The van der Waals surface area contributed by atoms with Gasteiger partial charge in [0, 0.05) is 17.3 Å². The highest BCUT2D eigenvalue weighted by molar-refractivity contribution is 6.04. The van der Waals surface area contributed by atoms with Crippen LogP contribution < -0.4 is 10.1 Å². The maximum absolute atomic E-state index is 12.5. The molecular weight excluding hydrogens is 304 g/mol. The Morgan fingerprint density at radius 3 is 2.50 bits per heavy atom. The summed E-state index contributed by atoms with van der Waals surface area (Å²) in [7, 11) is 0. The van der Waals surface area contributed by atoms with Crippen LogP contribution in [0.4, 0.5) is 0 Å². The number of ether oxygens (including phenoxy) is 1. The quantitative estimate of drug-likeness (QED) is 0.765. The standard InChI is InChI=1S/C19H24N2O3/c1-5-12(2)20-19(23)18-13(3)17(14(4)21-18)16(22)11-24-15-9-7-6-8-10-15/h6-10,12,21H,5,11H2,1-4H3,(H,20,23). The third kappa shape index (κ3) is 4.04. The molecule has 1 atom stereocenters. The van der Waals surface area contributed by atoms with Crippen LogP contribution >= 0.6 is 0 Å². The first kappa shape index (κ1) is 17.8. The van der Waals surface area contributed by atoms with Crippen molar-refractivity contribution in [2.45, 2.75) is 40.2 Å². The number of hydrogen-bond donors (Lipinski definition) is 2. The van der Waals surface area contributed by atoms with E-state index in [1.54, 1.807) is 26.0 Å². The van der Waals surface area contributed by atoms with Crippen molar-refractivity contribution < 1.29 is 14.3 Å². The Hall–Kier alpha value is -2.56. The molecule has 0 aliphatic carbocycles. The number of H-pyrrole nitrogens is 1. The van der Waals surface area contributed by atoms with Crippen molar-refractivity contribution in [2.75, 3.05) is 6.61 Å². The molecule has 128 valence electrons. The fourth-order valence-corrected chi connectivity index (χ4v) is 2.53. The number of amides is 1. The fraction of sp³-hybridized carbons (Fsp3) is 0.368. The lowest BCUT2D eigenvalue weighted by molar-refractivity contribution is 0.0920. The molecule has 24 heavy (non-hydrogen) atoms. The van der Waals surface area contributed by atoms with Crippen LogP contribution in [0.15, 0.2) is 30.3 Å². The fourth-order valence-electron chi connectivity index (χ4n) is 2.53. The molecule has 5 nitrogen and oxygen atoms in total. The van der Waals surface area contributed by atoms with Gasteiger partial charge in [0.05, 0.1) is 0 Å². The van der Waals surface area contributed by atoms with Crippen molar-refractivity contribution in [2.24, 2.45) is 0 Å². The number of carbonyl (C=O) groups excluding carboxylic acids is 2. The van der Waals surface area contributed by atoms with Gasteiger partial charge in [-0.3, -0.25) is 9.59 Å². The van der Waals surface area contributed by atoms with Crippen molar-refractivity contribution in [1.82, 2.24) is 10.3 Å². The van der Waals surface area contributed by atoms with Crippen molar-refractivity contribution >= 4 is 11.7 Å². The normalized spacial score (nSPS) is 11.8. The van der Waals surface area contributed by atoms with Crippen LogP contribution in [0.5, 0.6) is 5.75 Å². The zero-order chi connectivity index (χ0) is 17.7. The van der Waals surface area contributed by atoms with Gasteiger partial charge in [-0.05, 0) is 44.9 Å². The minimum Gasteiger partial charge on any atom is -0.485 e. The van der Waals surface area contributed by atoms with Crippen molar-refractivity contribution in [3.8, 4) is 5.75 Å². The molecule has 0 aliphatic rings. The van der Waals surface area contributed by atoms with Gasteiger partial charge in [0.15, 0.2) is 6.61 Å². The Balaban J connectivity index is 2.13. The van der Waals surface area contributed by atoms with Crippen LogP contribution in [-0.2, 0) is 0 Å². The molecule has 1 aromatic carbocycles. The molecule has 1 aromatic heterocycles. The third-order valence-corrected chi connectivity index (χ3v) is 4.05. The average molecular weight is 328 g/mol. The van der Waals surface area contributed by atoms with Gasteiger partial charge in [0.1, 0.15) is 11.4 Å². The second-order valence-corrected chi connectivity index (χ2v) is 5.93. The van der Waals surface area contributed by atoms with Crippen LogP contribution in [0.3, 0.4) is 0 Å². The molecule has 1 heterocycles. The van der Waals surface area contributed by atoms with E-state index in [0.717, 1.165) is 6.42 Å². The first-order chi connectivity index (χ1) is 11.4. The molecular formula is C19H24N2O3. The van der Waals surface area contributed by atoms with Crippen LogP contribution in [-0.4, -0.2) is 29.3 Å². The van der Waals surface area contributed by atoms with Gasteiger partial charge >= 0.3 is 0 Å². The Kier molecular flexibility index (Phi) is 5.79. The number of Topliss-reactive ketones (excluding diaryl/α,β-unsaturated/α-hetero) is 1. The van der Waals surface area contributed by atoms with E-state index in [0.29, 0.717) is 28.3 Å². The van der Waals surface area contributed by atoms with Crippen LogP contribution in [0, 0.1) is 13.8 Å². The highest BCUT2D eigenvalue weighted by Crippen LogP contribution is 2.19. The van der Waals surface area contributed by atoms with Gasteiger partial charge in [0.25, 0.3) is 5.91 Å². The zero-order valence-electron chi connectivity index (χ0n) is 14.6. The maximum atomic E-state index is 12.5. The monoisotopic (exact) mass is 328 g/mol. The molecule has 2 N–H and O–H groups in total. The van der Waals surface area contributed by atoms with E-state index in [2.05, 4.69) is 10.3 Å². The van der Waals surface area contributed by atoms with E-state index in [1.165, 1.54) is 0 Å². The van der Waals surface area contributed by atoms with Crippen molar-refractivity contribution in [3.63, 3.8) is 0 Å². The Morgan fingerprint density at radius 2 is 1.88 bits per heavy atom. The van der Waals surface area contributed by atoms with E-state index in [-0.39, 0.29) is 24.3 Å². The van der Waals surface area contributed by atoms with E-state index in [4.69, 9.17) is 4.74 Å². The molecule has 1 amide bonds. The summed E-state index contributed by atoms with van der Waals surface area (Å²) in [6.07, 6.45) is 0.848. The topological polar surface area (TPSA) is 71.2 Å². The highest BCUT2D eigenvalue weighted by atomic mass is 16.5. The van der Waals surface area contributed by atoms with E-state index < -0.39 is 0 Å². The van der Waals surface area contributed by atoms with Gasteiger partial charge in [-0.25, -0.2) is 0 Å². The second kappa shape index (κ2) is 7.81. The maximum Gasteiger partial charge on any atom is 0.268 e. The molecule has 1 unspecified atom stereocenters. The molecule has 0 spiro atoms. The number of aromatic amines is 1. The number of ketones is 1. The number of benzene rings is 1. The van der Waals surface area contributed by atoms with Crippen molar-refractivity contribution in [3.05, 3.63) is 52.8 Å². The van der Waals surface area contributed by atoms with Gasteiger partial charge < -0.3 is 15.0 Å².